The van der Waals surface area contributed by atoms with Crippen LogP contribution in [0.15, 0.2) is 12.3 Å². The third-order valence-electron chi connectivity index (χ3n) is 0.956. The molecule has 0 atom stereocenters. The van der Waals surface area contributed by atoms with Crippen LogP contribution in [0, 0.1) is 0 Å². The summed E-state index contributed by atoms with van der Waals surface area (Å²) in [5, 5.41) is 0. The van der Waals surface area contributed by atoms with Crippen LogP contribution in [0.1, 0.15) is 0 Å². The summed E-state index contributed by atoms with van der Waals surface area (Å²) in [5.74, 6) is 0. The molecule has 0 aliphatic heterocycles. The number of thiocarbonyl (C=S) groups is 1. The highest BCUT2D eigenvalue weighted by atomic mass is 32.1. The van der Waals surface area contributed by atoms with Gasteiger partial charge in [-0.05, 0) is 6.08 Å². The van der Waals surface area contributed by atoms with E-state index in [4.69, 9.17) is 12.2 Å². The molecule has 58 valence electrons. The van der Waals surface area contributed by atoms with E-state index in [9.17, 15) is 0 Å². The fourth-order valence-corrected chi connectivity index (χ4v) is 0.423. The lowest BCUT2D eigenvalue weighted by atomic mass is 10.5. The van der Waals surface area contributed by atoms with E-state index in [1.807, 2.05) is 50.3 Å². The molecule has 0 fully saturated rings. The van der Waals surface area contributed by atoms with Gasteiger partial charge in [0.15, 0.2) is 0 Å². The summed E-state index contributed by atoms with van der Waals surface area (Å²) in [6.07, 6.45) is 3.83. The number of hydrogen-bond acceptors (Lipinski definition) is 2. The maximum absolute atomic E-state index is 5.01. The van der Waals surface area contributed by atoms with Crippen LogP contribution in [-0.2, 0) is 0 Å². The molecule has 0 saturated heterocycles. The van der Waals surface area contributed by atoms with E-state index in [0.29, 0.717) is 0 Å². The average Bonchev–Trinajstić information content (AvgIpc) is 1.82. The molecule has 0 radical (unpaired) electrons. The topological polar surface area (TPSA) is 6.48 Å². The Morgan fingerprint density at radius 1 is 1.20 bits per heavy atom. The molecule has 0 spiro atoms. The van der Waals surface area contributed by atoms with Crippen molar-refractivity contribution in [2.75, 3.05) is 28.2 Å². The van der Waals surface area contributed by atoms with Gasteiger partial charge in [0.2, 0.25) is 0 Å². The Morgan fingerprint density at radius 2 is 1.70 bits per heavy atom. The second-order valence-corrected chi connectivity index (χ2v) is 2.93. The third kappa shape index (κ3) is 4.32. The van der Waals surface area contributed by atoms with Crippen LogP contribution in [0.4, 0.5) is 0 Å². The second-order valence-electron chi connectivity index (χ2n) is 2.51. The zero-order chi connectivity index (χ0) is 8.15. The minimum atomic E-state index is 0.841. The Kier molecular flexibility index (Phi) is 4.03. The van der Waals surface area contributed by atoms with Crippen LogP contribution >= 0.6 is 12.2 Å². The first-order valence-corrected chi connectivity index (χ1v) is 3.51. The molecular weight excluding hydrogens is 144 g/mol. The first kappa shape index (κ1) is 9.43. The molecule has 3 heteroatoms. The first-order valence-electron chi connectivity index (χ1n) is 3.10. The van der Waals surface area contributed by atoms with Gasteiger partial charge in [0.25, 0.3) is 0 Å². The standard InChI is InChI=1S/C7H14N2S/c1-8(2)6-5-7(10)9(3)4/h5-6H,1-4H3/b6-5+. The van der Waals surface area contributed by atoms with Crippen LogP contribution in [0.25, 0.3) is 0 Å². The van der Waals surface area contributed by atoms with Gasteiger partial charge in [-0.2, -0.15) is 0 Å². The Bertz CT molecular complexity index is 139. The molecule has 0 heterocycles. The van der Waals surface area contributed by atoms with Gasteiger partial charge in [-0.1, -0.05) is 12.2 Å². The quantitative estimate of drug-likeness (QED) is 0.436. The molecule has 0 bridgehead atoms. The van der Waals surface area contributed by atoms with Crippen molar-refractivity contribution < 1.29 is 0 Å². The van der Waals surface area contributed by atoms with Gasteiger partial charge in [-0.3, -0.25) is 0 Å². The summed E-state index contributed by atoms with van der Waals surface area (Å²) < 4.78 is 0. The highest BCUT2D eigenvalue weighted by Crippen LogP contribution is 1.86. The lowest BCUT2D eigenvalue weighted by Crippen LogP contribution is -2.17. The number of hydrogen-bond donors (Lipinski definition) is 0. The van der Waals surface area contributed by atoms with E-state index in [-0.39, 0.29) is 0 Å². The normalized spacial score (nSPS) is 10.0. The highest BCUT2D eigenvalue weighted by Gasteiger charge is 1.90. The van der Waals surface area contributed by atoms with E-state index in [1.165, 1.54) is 0 Å². The van der Waals surface area contributed by atoms with Gasteiger partial charge in [-0.15, -0.1) is 0 Å². The Labute approximate surface area is 68.1 Å². The highest BCUT2D eigenvalue weighted by molar-refractivity contribution is 7.80. The van der Waals surface area contributed by atoms with Crippen LogP contribution in [0.5, 0.6) is 0 Å². The molecule has 0 saturated carbocycles. The van der Waals surface area contributed by atoms with Crippen molar-refractivity contribution in [3.63, 3.8) is 0 Å². The Balaban J connectivity index is 3.79. The SMILES string of the molecule is CN(C)/C=C/C(=S)N(C)C. The molecule has 0 aliphatic rings. The molecule has 0 amide bonds. The minimum Gasteiger partial charge on any atom is -0.383 e. The monoisotopic (exact) mass is 158 g/mol. The smallest absolute Gasteiger partial charge is 0.102 e. The van der Waals surface area contributed by atoms with E-state index in [1.54, 1.807) is 0 Å². The maximum Gasteiger partial charge on any atom is 0.102 e. The lowest BCUT2D eigenvalue weighted by Gasteiger charge is -2.10. The van der Waals surface area contributed by atoms with E-state index in [0.717, 1.165) is 4.99 Å². The fourth-order valence-electron chi connectivity index (χ4n) is 0.362. The molecule has 0 aromatic carbocycles. The predicted octanol–water partition coefficient (Wildman–Crippen LogP) is 0.951. The van der Waals surface area contributed by atoms with Crippen LogP contribution < -0.4 is 0 Å². The van der Waals surface area contributed by atoms with Crippen molar-refractivity contribution in [2.45, 2.75) is 0 Å². The van der Waals surface area contributed by atoms with E-state index < -0.39 is 0 Å². The molecular formula is C7H14N2S. The number of rotatable bonds is 2. The zero-order valence-corrected chi connectivity index (χ0v) is 7.77. The van der Waals surface area contributed by atoms with Crippen LogP contribution in [0.2, 0.25) is 0 Å². The summed E-state index contributed by atoms with van der Waals surface area (Å²) >= 11 is 5.01. The van der Waals surface area contributed by atoms with Gasteiger partial charge in [0.1, 0.15) is 4.99 Å². The number of likely N-dealkylation sites (N-methyl/N-ethyl adjacent to an activating group) is 1. The summed E-state index contributed by atoms with van der Waals surface area (Å²) in [6, 6.07) is 0. The van der Waals surface area contributed by atoms with Crippen molar-refractivity contribution in [3.8, 4) is 0 Å². The maximum atomic E-state index is 5.01. The van der Waals surface area contributed by atoms with Crippen molar-refractivity contribution in [2.24, 2.45) is 0 Å². The summed E-state index contributed by atoms with van der Waals surface area (Å²) in [7, 11) is 7.80. The van der Waals surface area contributed by atoms with Gasteiger partial charge in [0, 0.05) is 34.4 Å². The summed E-state index contributed by atoms with van der Waals surface area (Å²) in [5.41, 5.74) is 0. The molecule has 0 rings (SSSR count). The van der Waals surface area contributed by atoms with Crippen molar-refractivity contribution >= 4 is 17.2 Å². The minimum absolute atomic E-state index is 0.841. The molecule has 0 unspecified atom stereocenters. The molecule has 2 nitrogen and oxygen atoms in total. The van der Waals surface area contributed by atoms with Crippen molar-refractivity contribution in [3.05, 3.63) is 12.3 Å². The Hall–Kier alpha value is -0.570. The predicted molar refractivity (Wildman–Crippen MR) is 49.1 cm³/mol. The fraction of sp³-hybridized carbons (Fsp3) is 0.571. The van der Waals surface area contributed by atoms with Crippen LogP contribution in [0.3, 0.4) is 0 Å². The average molecular weight is 158 g/mol. The lowest BCUT2D eigenvalue weighted by molar-refractivity contribution is 0.562. The van der Waals surface area contributed by atoms with E-state index in [2.05, 4.69) is 0 Å². The summed E-state index contributed by atoms with van der Waals surface area (Å²) in [6.45, 7) is 0. The molecule has 0 aliphatic carbocycles. The van der Waals surface area contributed by atoms with Gasteiger partial charge in [-0.25, -0.2) is 0 Å². The summed E-state index contributed by atoms with van der Waals surface area (Å²) in [4.78, 5) is 4.69. The Morgan fingerprint density at radius 3 is 2.00 bits per heavy atom. The number of nitrogens with zero attached hydrogens (tertiary/aromatic N) is 2. The van der Waals surface area contributed by atoms with Crippen LogP contribution in [-0.4, -0.2) is 43.0 Å². The molecule has 0 aromatic rings. The van der Waals surface area contributed by atoms with Gasteiger partial charge in [0.05, 0.1) is 0 Å². The molecule has 0 N–H and O–H groups in total. The first-order chi connectivity index (χ1) is 4.54. The van der Waals surface area contributed by atoms with Crippen molar-refractivity contribution in [1.29, 1.82) is 0 Å². The van der Waals surface area contributed by atoms with Crippen molar-refractivity contribution in [1.82, 2.24) is 9.80 Å². The van der Waals surface area contributed by atoms with Gasteiger partial charge >= 0.3 is 0 Å². The second kappa shape index (κ2) is 4.28. The largest absolute Gasteiger partial charge is 0.383 e. The van der Waals surface area contributed by atoms with E-state index >= 15 is 0 Å². The zero-order valence-electron chi connectivity index (χ0n) is 6.96. The molecule has 0 aromatic heterocycles. The molecule has 10 heavy (non-hydrogen) atoms. The van der Waals surface area contributed by atoms with Gasteiger partial charge < -0.3 is 9.80 Å². The third-order valence-corrected chi connectivity index (χ3v) is 1.46.